The molecule has 0 radical (unpaired) electrons. The first-order chi connectivity index (χ1) is 14.1. The minimum absolute atomic E-state index is 0. The van der Waals surface area contributed by atoms with Crippen molar-refractivity contribution in [1.82, 2.24) is 20.2 Å². The van der Waals surface area contributed by atoms with E-state index in [-0.39, 0.29) is 24.0 Å². The van der Waals surface area contributed by atoms with Crippen molar-refractivity contribution in [1.29, 1.82) is 0 Å². The quantitative estimate of drug-likeness (QED) is 0.311. The number of para-hydroxylation sites is 2. The molecule has 160 valence electrons. The fourth-order valence-electron chi connectivity index (χ4n) is 3.64. The minimum atomic E-state index is -0.424. The van der Waals surface area contributed by atoms with Gasteiger partial charge in [0, 0.05) is 52.3 Å². The lowest BCUT2D eigenvalue weighted by Gasteiger charge is -2.37. The van der Waals surface area contributed by atoms with E-state index < -0.39 is 11.6 Å². The zero-order valence-corrected chi connectivity index (χ0v) is 19.1. The van der Waals surface area contributed by atoms with Crippen LogP contribution in [-0.4, -0.2) is 60.6 Å². The molecule has 0 spiro atoms. The summed E-state index contributed by atoms with van der Waals surface area (Å²) in [5, 5.41) is 3.37. The van der Waals surface area contributed by atoms with Gasteiger partial charge in [-0.2, -0.15) is 0 Å². The number of rotatable bonds is 4. The number of anilines is 1. The molecule has 1 saturated heterocycles. The predicted octanol–water partition coefficient (Wildman–Crippen LogP) is 3.40. The maximum atomic E-state index is 14.0. The van der Waals surface area contributed by atoms with Gasteiger partial charge in [0.05, 0.1) is 16.7 Å². The van der Waals surface area contributed by atoms with E-state index in [2.05, 4.69) is 25.2 Å². The summed E-state index contributed by atoms with van der Waals surface area (Å²) >= 11 is 0. The molecule has 1 aromatic heterocycles. The fourth-order valence-corrected chi connectivity index (χ4v) is 3.64. The summed E-state index contributed by atoms with van der Waals surface area (Å²) < 4.78 is 27.5. The molecule has 1 aliphatic heterocycles. The highest BCUT2D eigenvalue weighted by Crippen LogP contribution is 2.22. The summed E-state index contributed by atoms with van der Waals surface area (Å²) in [5.74, 6) is 0.918. The Morgan fingerprint density at radius 3 is 2.63 bits per heavy atom. The number of nitrogens with one attached hydrogen (secondary N) is 2. The number of aliphatic imine (C=N–C) groups is 1. The van der Waals surface area contributed by atoms with Gasteiger partial charge in [-0.3, -0.25) is 4.99 Å². The first kappa shape index (κ1) is 22.3. The van der Waals surface area contributed by atoms with Gasteiger partial charge in [0.1, 0.15) is 17.5 Å². The summed E-state index contributed by atoms with van der Waals surface area (Å²) in [6.07, 6.45) is 0.752. The number of halogens is 3. The van der Waals surface area contributed by atoms with Crippen LogP contribution in [0.3, 0.4) is 0 Å². The third kappa shape index (κ3) is 5.00. The van der Waals surface area contributed by atoms with Gasteiger partial charge in [-0.15, -0.1) is 24.0 Å². The number of guanidine groups is 1. The van der Waals surface area contributed by atoms with Gasteiger partial charge in [-0.25, -0.2) is 13.8 Å². The molecule has 9 heteroatoms. The van der Waals surface area contributed by atoms with Crippen molar-refractivity contribution < 1.29 is 8.78 Å². The smallest absolute Gasteiger partial charge is 0.193 e. The molecule has 0 unspecified atom stereocenters. The van der Waals surface area contributed by atoms with E-state index in [1.54, 1.807) is 7.05 Å². The number of aromatic nitrogens is 2. The average molecular weight is 526 g/mol. The number of hydrogen-bond donors (Lipinski definition) is 2. The van der Waals surface area contributed by atoms with Crippen molar-refractivity contribution in [2.45, 2.75) is 6.42 Å². The summed E-state index contributed by atoms with van der Waals surface area (Å²) in [4.78, 5) is 16.3. The van der Waals surface area contributed by atoms with Crippen LogP contribution in [0, 0.1) is 11.6 Å². The van der Waals surface area contributed by atoms with Crippen molar-refractivity contribution in [3.63, 3.8) is 0 Å². The second kappa shape index (κ2) is 10.1. The van der Waals surface area contributed by atoms with Crippen molar-refractivity contribution in [2.75, 3.05) is 44.7 Å². The Balaban J connectivity index is 0.00000256. The number of benzene rings is 2. The molecule has 6 nitrogen and oxygen atoms in total. The minimum Gasteiger partial charge on any atom is -0.366 e. The number of piperazine rings is 1. The average Bonchev–Trinajstić information content (AvgIpc) is 3.16. The highest BCUT2D eigenvalue weighted by atomic mass is 127. The first-order valence-corrected chi connectivity index (χ1v) is 9.73. The van der Waals surface area contributed by atoms with Crippen molar-refractivity contribution >= 4 is 46.7 Å². The Labute approximate surface area is 191 Å². The second-order valence-electron chi connectivity index (χ2n) is 6.99. The number of fused-ring (bicyclic) bond motifs is 1. The summed E-state index contributed by atoms with van der Waals surface area (Å²) in [5.41, 5.74) is 2.32. The van der Waals surface area contributed by atoms with Crippen LogP contribution < -0.4 is 10.2 Å². The molecule has 2 aromatic carbocycles. The normalized spacial score (nSPS) is 14.7. The number of hydrogen-bond acceptors (Lipinski definition) is 3. The van der Waals surface area contributed by atoms with Gasteiger partial charge in [-0.05, 0) is 24.3 Å². The zero-order valence-electron chi connectivity index (χ0n) is 16.7. The maximum Gasteiger partial charge on any atom is 0.193 e. The van der Waals surface area contributed by atoms with Crippen LogP contribution in [0.15, 0.2) is 47.5 Å². The van der Waals surface area contributed by atoms with Gasteiger partial charge in [0.25, 0.3) is 0 Å². The molecule has 0 aliphatic carbocycles. The Kier molecular flexibility index (Phi) is 7.46. The van der Waals surface area contributed by atoms with Crippen molar-refractivity contribution in [2.24, 2.45) is 4.99 Å². The Morgan fingerprint density at radius 2 is 1.90 bits per heavy atom. The highest BCUT2D eigenvalue weighted by molar-refractivity contribution is 14.0. The zero-order chi connectivity index (χ0) is 20.2. The third-order valence-corrected chi connectivity index (χ3v) is 5.12. The van der Waals surface area contributed by atoms with Crippen LogP contribution >= 0.6 is 24.0 Å². The first-order valence-electron chi connectivity index (χ1n) is 9.73. The van der Waals surface area contributed by atoms with Gasteiger partial charge >= 0.3 is 0 Å². The Morgan fingerprint density at radius 1 is 1.13 bits per heavy atom. The van der Waals surface area contributed by atoms with Crippen LogP contribution in [0.5, 0.6) is 0 Å². The lowest BCUT2D eigenvalue weighted by atomic mass is 10.2. The third-order valence-electron chi connectivity index (χ3n) is 5.12. The molecule has 2 N–H and O–H groups in total. The van der Waals surface area contributed by atoms with Gasteiger partial charge < -0.3 is 20.1 Å². The largest absolute Gasteiger partial charge is 0.366 e. The molecule has 0 bridgehead atoms. The molecule has 30 heavy (non-hydrogen) atoms. The van der Waals surface area contributed by atoms with E-state index in [9.17, 15) is 8.78 Å². The van der Waals surface area contributed by atoms with Crippen LogP contribution in [0.25, 0.3) is 11.0 Å². The van der Waals surface area contributed by atoms with E-state index in [1.165, 1.54) is 12.1 Å². The topological polar surface area (TPSA) is 59.6 Å². The molecule has 3 aromatic rings. The molecule has 0 atom stereocenters. The molecule has 1 aliphatic rings. The van der Waals surface area contributed by atoms with Crippen molar-refractivity contribution in [3.8, 4) is 0 Å². The van der Waals surface area contributed by atoms with E-state index in [0.29, 0.717) is 38.4 Å². The van der Waals surface area contributed by atoms with Crippen LogP contribution in [0.1, 0.15) is 5.82 Å². The lowest BCUT2D eigenvalue weighted by molar-refractivity contribution is 0.370. The summed E-state index contributed by atoms with van der Waals surface area (Å²) in [7, 11) is 1.75. The maximum absolute atomic E-state index is 14.0. The Bertz CT molecular complexity index is 981. The molecule has 2 heterocycles. The molecule has 1 fully saturated rings. The summed E-state index contributed by atoms with van der Waals surface area (Å²) in [6.45, 7) is 3.26. The Hall–Kier alpha value is -2.43. The summed E-state index contributed by atoms with van der Waals surface area (Å²) in [6, 6.07) is 11.5. The van der Waals surface area contributed by atoms with Crippen LogP contribution in [0.2, 0.25) is 0 Å². The number of imidazole rings is 1. The van der Waals surface area contributed by atoms with E-state index in [1.807, 2.05) is 29.2 Å². The fraction of sp³-hybridized carbons (Fsp3) is 0.333. The second-order valence-corrected chi connectivity index (χ2v) is 6.99. The molecule has 4 rings (SSSR count). The SMILES string of the molecule is CN=C(NCCc1nc2ccccc2[nH]1)N1CCN(c2cc(F)ccc2F)CC1.I. The van der Waals surface area contributed by atoms with Gasteiger partial charge in [0.15, 0.2) is 5.96 Å². The number of nitrogens with zero attached hydrogens (tertiary/aromatic N) is 4. The van der Waals surface area contributed by atoms with Crippen molar-refractivity contribution in [3.05, 3.63) is 59.9 Å². The predicted molar refractivity (Wildman–Crippen MR) is 127 cm³/mol. The number of H-pyrrole nitrogens is 1. The van der Waals surface area contributed by atoms with E-state index >= 15 is 0 Å². The van der Waals surface area contributed by atoms with Gasteiger partial charge in [-0.1, -0.05) is 12.1 Å². The molecular weight excluding hydrogens is 501 g/mol. The van der Waals surface area contributed by atoms with E-state index in [0.717, 1.165) is 35.3 Å². The lowest BCUT2D eigenvalue weighted by Crippen LogP contribution is -2.53. The molecular formula is C21H25F2IN6. The van der Waals surface area contributed by atoms with Gasteiger partial charge in [0.2, 0.25) is 0 Å². The molecule has 0 saturated carbocycles. The van der Waals surface area contributed by atoms with Crippen LogP contribution in [-0.2, 0) is 6.42 Å². The highest BCUT2D eigenvalue weighted by Gasteiger charge is 2.22. The number of aromatic amines is 1. The monoisotopic (exact) mass is 526 g/mol. The van der Waals surface area contributed by atoms with Crippen LogP contribution in [0.4, 0.5) is 14.5 Å². The molecule has 0 amide bonds. The van der Waals surface area contributed by atoms with E-state index in [4.69, 9.17) is 0 Å². The standard InChI is InChI=1S/C21H24F2N6.HI/c1-24-21(25-9-8-20-26-17-4-2-3-5-18(17)27-20)29-12-10-28(11-13-29)19-14-15(22)6-7-16(19)23;/h2-7,14H,8-13H2,1H3,(H,24,25)(H,26,27);1H.